The lowest BCUT2D eigenvalue weighted by atomic mass is 10.1. The Morgan fingerprint density at radius 1 is 1.16 bits per heavy atom. The van der Waals surface area contributed by atoms with Crippen LogP contribution in [0.1, 0.15) is 25.7 Å². The molecule has 11 heteroatoms. The SMILES string of the molecule is O=C(Nc1nnc(SCC(=O)N2CCCCC2)s1)C1CC(=O)N(c2ccc(Cl)cc2)C1. The number of halogens is 1. The zero-order valence-electron chi connectivity index (χ0n) is 16.8. The second kappa shape index (κ2) is 9.97. The van der Waals surface area contributed by atoms with Crippen LogP contribution in [-0.2, 0) is 14.4 Å². The number of aromatic nitrogens is 2. The second-order valence-corrected chi connectivity index (χ2v) is 10.1. The molecular formula is C20H22ClN5O3S2. The van der Waals surface area contributed by atoms with Crippen molar-refractivity contribution < 1.29 is 14.4 Å². The molecule has 1 N–H and O–H groups in total. The summed E-state index contributed by atoms with van der Waals surface area (Å²) >= 11 is 8.47. The average molecular weight is 480 g/mol. The molecule has 2 saturated heterocycles. The first-order valence-electron chi connectivity index (χ1n) is 10.1. The lowest BCUT2D eigenvalue weighted by Gasteiger charge is -2.26. The Labute approximate surface area is 193 Å². The van der Waals surface area contributed by atoms with Crippen molar-refractivity contribution in [3.63, 3.8) is 0 Å². The van der Waals surface area contributed by atoms with Crippen LogP contribution < -0.4 is 10.2 Å². The van der Waals surface area contributed by atoms with E-state index in [0.717, 1.165) is 31.6 Å². The van der Waals surface area contributed by atoms with Crippen molar-refractivity contribution in [3.05, 3.63) is 29.3 Å². The van der Waals surface area contributed by atoms with Gasteiger partial charge in [0.25, 0.3) is 0 Å². The van der Waals surface area contributed by atoms with E-state index >= 15 is 0 Å². The maximum Gasteiger partial charge on any atom is 0.233 e. The van der Waals surface area contributed by atoms with E-state index in [1.54, 1.807) is 29.2 Å². The highest BCUT2D eigenvalue weighted by molar-refractivity contribution is 8.01. The maximum atomic E-state index is 12.6. The molecule has 0 radical (unpaired) electrons. The first-order valence-corrected chi connectivity index (χ1v) is 12.3. The lowest BCUT2D eigenvalue weighted by molar-refractivity contribution is -0.129. The molecule has 1 aromatic carbocycles. The normalized spacial score (nSPS) is 19.0. The number of anilines is 2. The lowest BCUT2D eigenvalue weighted by Crippen LogP contribution is -2.36. The molecule has 3 amide bonds. The summed E-state index contributed by atoms with van der Waals surface area (Å²) in [6.45, 7) is 1.95. The summed E-state index contributed by atoms with van der Waals surface area (Å²) in [4.78, 5) is 40.8. The Balaban J connectivity index is 1.28. The van der Waals surface area contributed by atoms with Gasteiger partial charge in [0.2, 0.25) is 22.9 Å². The first kappa shape index (κ1) is 22.0. The van der Waals surface area contributed by atoms with Crippen LogP contribution in [0.2, 0.25) is 5.02 Å². The molecule has 4 rings (SSSR count). The standard InChI is InChI=1S/C20H22ClN5O3S2/c21-14-4-6-15(7-5-14)26-11-13(10-16(26)27)18(29)22-19-23-24-20(31-19)30-12-17(28)25-8-2-1-3-9-25/h4-7,13H,1-3,8-12H2,(H,22,23,29). The van der Waals surface area contributed by atoms with Crippen molar-refractivity contribution in [2.45, 2.75) is 30.0 Å². The molecule has 1 atom stereocenters. The molecule has 31 heavy (non-hydrogen) atoms. The molecule has 1 aromatic heterocycles. The van der Waals surface area contributed by atoms with Gasteiger partial charge >= 0.3 is 0 Å². The van der Waals surface area contributed by atoms with Gasteiger partial charge < -0.3 is 15.1 Å². The van der Waals surface area contributed by atoms with Crippen LogP contribution in [0.4, 0.5) is 10.8 Å². The molecule has 1 unspecified atom stereocenters. The fraction of sp³-hybridized carbons (Fsp3) is 0.450. The monoisotopic (exact) mass is 479 g/mol. The number of rotatable bonds is 6. The quantitative estimate of drug-likeness (QED) is 0.504. The van der Waals surface area contributed by atoms with Gasteiger partial charge in [-0.1, -0.05) is 34.7 Å². The molecule has 2 aliphatic heterocycles. The van der Waals surface area contributed by atoms with Crippen LogP contribution in [0, 0.1) is 5.92 Å². The molecule has 3 heterocycles. The van der Waals surface area contributed by atoms with Gasteiger partial charge in [-0.05, 0) is 43.5 Å². The number of hydrogen-bond acceptors (Lipinski definition) is 7. The molecule has 2 fully saturated rings. The number of benzene rings is 1. The number of nitrogens with one attached hydrogen (secondary N) is 1. The van der Waals surface area contributed by atoms with Crippen molar-refractivity contribution in [1.82, 2.24) is 15.1 Å². The predicted molar refractivity (Wildman–Crippen MR) is 122 cm³/mol. The number of carbonyl (C=O) groups is 3. The van der Waals surface area contributed by atoms with Crippen LogP contribution in [0.5, 0.6) is 0 Å². The Bertz CT molecular complexity index is 962. The molecular weight excluding hydrogens is 458 g/mol. The van der Waals surface area contributed by atoms with E-state index in [-0.39, 0.29) is 24.1 Å². The Kier molecular flexibility index (Phi) is 7.09. The van der Waals surface area contributed by atoms with E-state index in [4.69, 9.17) is 11.6 Å². The smallest absolute Gasteiger partial charge is 0.233 e. The summed E-state index contributed by atoms with van der Waals surface area (Å²) in [5.74, 6) is -0.411. The summed E-state index contributed by atoms with van der Waals surface area (Å²) in [5, 5.41) is 11.8. The van der Waals surface area contributed by atoms with E-state index in [0.29, 0.717) is 26.8 Å². The molecule has 2 aromatic rings. The predicted octanol–water partition coefficient (Wildman–Crippen LogP) is 3.29. The van der Waals surface area contributed by atoms with Crippen molar-refractivity contribution in [2.75, 3.05) is 35.6 Å². The Morgan fingerprint density at radius 2 is 1.90 bits per heavy atom. The first-order chi connectivity index (χ1) is 15.0. The molecule has 0 spiro atoms. The van der Waals surface area contributed by atoms with Gasteiger partial charge in [-0.25, -0.2) is 0 Å². The fourth-order valence-corrected chi connectivity index (χ4v) is 5.42. The summed E-state index contributed by atoms with van der Waals surface area (Å²) in [5.41, 5.74) is 0.720. The van der Waals surface area contributed by atoms with Gasteiger partial charge in [-0.3, -0.25) is 14.4 Å². The molecule has 164 valence electrons. The Morgan fingerprint density at radius 3 is 2.65 bits per heavy atom. The van der Waals surface area contributed by atoms with E-state index in [2.05, 4.69) is 15.5 Å². The topological polar surface area (TPSA) is 95.5 Å². The minimum absolute atomic E-state index is 0.104. The van der Waals surface area contributed by atoms with E-state index < -0.39 is 5.92 Å². The zero-order chi connectivity index (χ0) is 21.8. The number of carbonyl (C=O) groups excluding carboxylic acids is 3. The van der Waals surface area contributed by atoms with Gasteiger partial charge in [-0.15, -0.1) is 10.2 Å². The number of piperidine rings is 1. The van der Waals surface area contributed by atoms with Crippen LogP contribution >= 0.6 is 34.7 Å². The van der Waals surface area contributed by atoms with E-state index in [1.807, 2.05) is 4.90 Å². The maximum absolute atomic E-state index is 12.6. The van der Waals surface area contributed by atoms with Crippen molar-refractivity contribution in [1.29, 1.82) is 0 Å². The summed E-state index contributed by atoms with van der Waals surface area (Å²) < 4.78 is 0.631. The highest BCUT2D eigenvalue weighted by Gasteiger charge is 2.35. The van der Waals surface area contributed by atoms with Gasteiger partial charge in [0.15, 0.2) is 4.34 Å². The number of hydrogen-bond donors (Lipinski definition) is 1. The van der Waals surface area contributed by atoms with Gasteiger partial charge in [0.1, 0.15) is 0 Å². The van der Waals surface area contributed by atoms with Gasteiger partial charge in [-0.2, -0.15) is 0 Å². The summed E-state index contributed by atoms with van der Waals surface area (Å²) in [6.07, 6.45) is 3.44. The largest absolute Gasteiger partial charge is 0.342 e. The van der Waals surface area contributed by atoms with Crippen molar-refractivity contribution in [3.8, 4) is 0 Å². The second-order valence-electron chi connectivity index (χ2n) is 7.47. The van der Waals surface area contributed by atoms with Crippen LogP contribution in [0.3, 0.4) is 0 Å². The Hall–Kier alpha value is -2.17. The average Bonchev–Trinajstić information content (AvgIpc) is 3.39. The number of amides is 3. The van der Waals surface area contributed by atoms with Crippen LogP contribution in [0.15, 0.2) is 28.6 Å². The van der Waals surface area contributed by atoms with Gasteiger partial charge in [0.05, 0.1) is 11.7 Å². The van der Waals surface area contributed by atoms with E-state index in [9.17, 15) is 14.4 Å². The summed E-state index contributed by atoms with van der Waals surface area (Å²) in [7, 11) is 0. The van der Waals surface area contributed by atoms with Crippen LogP contribution in [0.25, 0.3) is 0 Å². The van der Waals surface area contributed by atoms with Crippen molar-refractivity contribution in [2.24, 2.45) is 5.92 Å². The zero-order valence-corrected chi connectivity index (χ0v) is 19.1. The highest BCUT2D eigenvalue weighted by Crippen LogP contribution is 2.29. The molecule has 2 aliphatic rings. The third-order valence-electron chi connectivity index (χ3n) is 5.30. The van der Waals surface area contributed by atoms with Crippen molar-refractivity contribution >= 4 is 63.2 Å². The molecule has 0 aliphatic carbocycles. The number of thioether (sulfide) groups is 1. The fourth-order valence-electron chi connectivity index (χ4n) is 3.64. The molecule has 0 saturated carbocycles. The third kappa shape index (κ3) is 5.55. The minimum Gasteiger partial charge on any atom is -0.342 e. The van der Waals surface area contributed by atoms with E-state index in [1.165, 1.54) is 29.5 Å². The third-order valence-corrected chi connectivity index (χ3v) is 7.51. The minimum atomic E-state index is -0.469. The number of likely N-dealkylation sites (tertiary alicyclic amines) is 1. The molecule has 0 bridgehead atoms. The van der Waals surface area contributed by atoms with Gasteiger partial charge in [0, 0.05) is 36.8 Å². The molecule has 8 nitrogen and oxygen atoms in total. The summed E-state index contributed by atoms with van der Waals surface area (Å²) in [6, 6.07) is 6.96. The van der Waals surface area contributed by atoms with Crippen LogP contribution in [-0.4, -0.2) is 58.2 Å². The highest BCUT2D eigenvalue weighted by atomic mass is 35.5. The number of nitrogens with zero attached hydrogens (tertiary/aromatic N) is 4.